The van der Waals surface area contributed by atoms with Gasteiger partial charge < -0.3 is 19.8 Å². The van der Waals surface area contributed by atoms with Crippen LogP contribution in [0.5, 0.6) is 0 Å². The fraction of sp³-hybridized carbons (Fsp3) is 0.708. The van der Waals surface area contributed by atoms with Gasteiger partial charge in [0.2, 0.25) is 5.91 Å². The molecule has 0 aromatic carbocycles. The van der Waals surface area contributed by atoms with Crippen LogP contribution in [0.15, 0.2) is 24.7 Å². The third-order valence-corrected chi connectivity index (χ3v) is 6.29. The lowest BCUT2D eigenvalue weighted by Gasteiger charge is -2.38. The Bertz CT molecular complexity index is 835. The summed E-state index contributed by atoms with van der Waals surface area (Å²) in [6, 6.07) is 0.0106. The van der Waals surface area contributed by atoms with Crippen molar-refractivity contribution in [3.63, 3.8) is 0 Å². The maximum absolute atomic E-state index is 13.2. The number of imidazole rings is 1. The van der Waals surface area contributed by atoms with Crippen LogP contribution >= 0.6 is 0 Å². The van der Waals surface area contributed by atoms with Crippen LogP contribution in [-0.4, -0.2) is 66.6 Å². The largest absolute Gasteiger partial charge is 0.443 e. The maximum Gasteiger partial charge on any atom is 0.419 e. The summed E-state index contributed by atoms with van der Waals surface area (Å²) < 4.78 is 6.61. The second kappa shape index (κ2) is 9.75. The molecule has 1 amide bonds. The van der Waals surface area contributed by atoms with E-state index in [1.54, 1.807) is 38.8 Å². The van der Waals surface area contributed by atoms with Crippen molar-refractivity contribution in [1.82, 2.24) is 14.5 Å². The van der Waals surface area contributed by atoms with Gasteiger partial charge in [-0.2, -0.15) is 0 Å². The minimum atomic E-state index is -1.19. The average molecular weight is 448 g/mol. The molecular formula is C24H37N3O5. The number of allylic oxidation sites excluding steroid dienone is 1. The molecule has 0 saturated heterocycles. The summed E-state index contributed by atoms with van der Waals surface area (Å²) >= 11 is 0. The van der Waals surface area contributed by atoms with Crippen molar-refractivity contribution in [2.24, 2.45) is 5.92 Å². The van der Waals surface area contributed by atoms with E-state index in [0.29, 0.717) is 12.1 Å². The highest BCUT2D eigenvalue weighted by atomic mass is 16.6. The van der Waals surface area contributed by atoms with Crippen molar-refractivity contribution in [1.29, 1.82) is 0 Å². The molecule has 1 aromatic heterocycles. The summed E-state index contributed by atoms with van der Waals surface area (Å²) in [5, 5.41) is 21.5. The second-order valence-electron chi connectivity index (χ2n) is 10.3. The van der Waals surface area contributed by atoms with Crippen LogP contribution in [0.3, 0.4) is 0 Å². The second-order valence-corrected chi connectivity index (χ2v) is 10.3. The predicted molar refractivity (Wildman–Crippen MR) is 120 cm³/mol. The molecule has 0 bridgehead atoms. The summed E-state index contributed by atoms with van der Waals surface area (Å²) in [4.78, 5) is 31.3. The SMILES string of the molecule is CC(C)(C)OC(=O)n1cnc(CCC(=O)N(CC(O)C(C)(O)C2CC2)[C@H]2CC=CCC2)c1. The molecule has 3 atom stereocenters. The van der Waals surface area contributed by atoms with E-state index in [9.17, 15) is 19.8 Å². The van der Waals surface area contributed by atoms with Gasteiger partial charge >= 0.3 is 6.09 Å². The summed E-state index contributed by atoms with van der Waals surface area (Å²) in [5.41, 5.74) is -1.16. The summed E-state index contributed by atoms with van der Waals surface area (Å²) in [6.45, 7) is 7.18. The molecule has 3 rings (SSSR count). The number of hydrogen-bond acceptors (Lipinski definition) is 6. The predicted octanol–water partition coefficient (Wildman–Crippen LogP) is 3.06. The first kappa shape index (κ1) is 24.5. The Hall–Kier alpha value is -2.19. The lowest BCUT2D eigenvalue weighted by molar-refractivity contribution is -0.141. The van der Waals surface area contributed by atoms with E-state index >= 15 is 0 Å². The number of rotatable bonds is 8. The normalized spacial score (nSPS) is 21.6. The fourth-order valence-electron chi connectivity index (χ4n) is 4.11. The zero-order valence-electron chi connectivity index (χ0n) is 19.7. The van der Waals surface area contributed by atoms with Gasteiger partial charge in [-0.25, -0.2) is 14.3 Å². The smallest absolute Gasteiger partial charge is 0.419 e. The molecule has 178 valence electrons. The van der Waals surface area contributed by atoms with Crippen LogP contribution < -0.4 is 0 Å². The highest BCUT2D eigenvalue weighted by molar-refractivity contribution is 5.77. The molecule has 1 saturated carbocycles. The van der Waals surface area contributed by atoms with E-state index in [4.69, 9.17) is 4.74 Å². The molecule has 8 nitrogen and oxygen atoms in total. The Balaban J connectivity index is 1.62. The molecule has 1 heterocycles. The van der Waals surface area contributed by atoms with Crippen LogP contribution in [0, 0.1) is 5.92 Å². The monoisotopic (exact) mass is 447 g/mol. The van der Waals surface area contributed by atoms with Gasteiger partial charge in [-0.1, -0.05) is 12.2 Å². The van der Waals surface area contributed by atoms with Crippen molar-refractivity contribution in [2.45, 2.75) is 96.0 Å². The van der Waals surface area contributed by atoms with Gasteiger partial charge in [-0.15, -0.1) is 0 Å². The molecule has 1 aromatic rings. The molecule has 8 heteroatoms. The quantitative estimate of drug-likeness (QED) is 0.594. The minimum absolute atomic E-state index is 0.0106. The Morgan fingerprint density at radius 1 is 1.25 bits per heavy atom. The molecule has 0 radical (unpaired) electrons. The van der Waals surface area contributed by atoms with Gasteiger partial charge in [0.25, 0.3) is 0 Å². The van der Waals surface area contributed by atoms with E-state index in [1.807, 2.05) is 0 Å². The van der Waals surface area contributed by atoms with E-state index in [-0.39, 0.29) is 30.8 Å². The summed E-state index contributed by atoms with van der Waals surface area (Å²) in [5.74, 6) is 0.0142. The molecule has 2 unspecified atom stereocenters. The van der Waals surface area contributed by atoms with Gasteiger partial charge in [0.15, 0.2) is 0 Å². The molecule has 2 aliphatic rings. The first-order valence-electron chi connectivity index (χ1n) is 11.6. The third kappa shape index (κ3) is 6.42. The Labute approximate surface area is 190 Å². The lowest BCUT2D eigenvalue weighted by atomic mass is 9.91. The van der Waals surface area contributed by atoms with Crippen LogP contribution in [-0.2, 0) is 16.0 Å². The number of aromatic nitrogens is 2. The molecule has 2 aliphatic carbocycles. The van der Waals surface area contributed by atoms with Gasteiger partial charge in [0.1, 0.15) is 18.0 Å². The zero-order valence-corrected chi connectivity index (χ0v) is 19.7. The highest BCUT2D eigenvalue weighted by Crippen LogP contribution is 2.41. The first-order valence-corrected chi connectivity index (χ1v) is 11.6. The number of amides is 1. The standard InChI is InChI=1S/C24H37N3O5/c1-23(2,3)32-22(30)26-14-18(25-16-26)12-13-21(29)27(19-8-6-5-7-9-19)15-20(28)24(4,31)17-10-11-17/h5-6,14,16-17,19-20,28,31H,7-13,15H2,1-4H3/t19-,20?,24?/m0/s1. The number of aliphatic hydroxyl groups excluding tert-OH is 1. The highest BCUT2D eigenvalue weighted by Gasteiger charge is 2.46. The molecule has 32 heavy (non-hydrogen) atoms. The summed E-state index contributed by atoms with van der Waals surface area (Å²) in [7, 11) is 0. The zero-order chi connectivity index (χ0) is 23.5. The van der Waals surface area contributed by atoms with Gasteiger partial charge in [0.05, 0.1) is 11.3 Å². The number of nitrogens with zero attached hydrogens (tertiary/aromatic N) is 3. The molecule has 0 spiro atoms. The number of hydrogen-bond donors (Lipinski definition) is 2. The van der Waals surface area contributed by atoms with E-state index in [2.05, 4.69) is 17.1 Å². The molecule has 2 N–H and O–H groups in total. The van der Waals surface area contributed by atoms with Crippen molar-refractivity contribution in [3.05, 3.63) is 30.4 Å². The fourth-order valence-corrected chi connectivity index (χ4v) is 4.11. The number of carbonyl (C=O) groups excluding carboxylic acids is 2. The third-order valence-electron chi connectivity index (χ3n) is 6.29. The van der Waals surface area contributed by atoms with Crippen molar-refractivity contribution in [3.8, 4) is 0 Å². The molecule has 0 aliphatic heterocycles. The van der Waals surface area contributed by atoms with Crippen molar-refractivity contribution < 1.29 is 24.5 Å². The molecular weight excluding hydrogens is 410 g/mol. The van der Waals surface area contributed by atoms with Crippen LogP contribution in [0.25, 0.3) is 0 Å². The topological polar surface area (TPSA) is 105 Å². The van der Waals surface area contributed by atoms with Gasteiger partial charge in [-0.3, -0.25) is 4.79 Å². The average Bonchev–Trinajstić information content (AvgIpc) is 3.48. The number of aliphatic hydroxyl groups is 2. The number of ether oxygens (including phenoxy) is 1. The van der Waals surface area contributed by atoms with E-state index in [1.165, 1.54) is 10.9 Å². The van der Waals surface area contributed by atoms with E-state index < -0.39 is 23.4 Å². The number of aryl methyl sites for hydroxylation is 1. The van der Waals surface area contributed by atoms with Gasteiger partial charge in [0, 0.05) is 25.2 Å². The summed E-state index contributed by atoms with van der Waals surface area (Å²) in [6.07, 6.45) is 10.5. The van der Waals surface area contributed by atoms with Crippen molar-refractivity contribution >= 4 is 12.0 Å². The van der Waals surface area contributed by atoms with E-state index in [0.717, 1.165) is 32.1 Å². The Kier molecular flexibility index (Phi) is 7.45. The maximum atomic E-state index is 13.2. The number of carbonyl (C=O) groups is 2. The van der Waals surface area contributed by atoms with Crippen LogP contribution in [0.2, 0.25) is 0 Å². The van der Waals surface area contributed by atoms with Gasteiger partial charge in [-0.05, 0) is 72.1 Å². The molecule has 1 fully saturated rings. The minimum Gasteiger partial charge on any atom is -0.443 e. The van der Waals surface area contributed by atoms with Crippen LogP contribution in [0.1, 0.15) is 71.9 Å². The Morgan fingerprint density at radius 2 is 1.97 bits per heavy atom. The van der Waals surface area contributed by atoms with Crippen molar-refractivity contribution in [2.75, 3.05) is 6.54 Å². The Morgan fingerprint density at radius 3 is 2.56 bits per heavy atom. The van der Waals surface area contributed by atoms with Crippen LogP contribution in [0.4, 0.5) is 4.79 Å². The first-order chi connectivity index (χ1) is 15.0. The lowest BCUT2D eigenvalue weighted by Crippen LogP contribution is -2.52.